The molecule has 3 N–H and O–H groups in total. The Morgan fingerprint density at radius 1 is 0.941 bits per heavy atom. The summed E-state index contributed by atoms with van der Waals surface area (Å²) in [5.41, 5.74) is 7.55. The van der Waals surface area contributed by atoms with Gasteiger partial charge in [0.1, 0.15) is 0 Å². The summed E-state index contributed by atoms with van der Waals surface area (Å²) in [5.74, 6) is 0. The Morgan fingerprint density at radius 2 is 1.53 bits per heavy atom. The molecular weight excluding hydrogens is 515 g/mol. The monoisotopic (exact) mass is 536 g/mol. The van der Waals surface area contributed by atoms with E-state index in [1.807, 2.05) is 0 Å². The molecule has 9 heteroatoms. The van der Waals surface area contributed by atoms with Gasteiger partial charge in [-0.1, -0.05) is 59.1 Å². The Kier molecular flexibility index (Phi) is 7.80. The summed E-state index contributed by atoms with van der Waals surface area (Å²) in [6.45, 7) is 3.11. The van der Waals surface area contributed by atoms with Crippen LogP contribution in [0.25, 0.3) is 11.1 Å². The molecule has 0 saturated heterocycles. The van der Waals surface area contributed by atoms with Crippen LogP contribution >= 0.6 is 34.8 Å². The van der Waals surface area contributed by atoms with Crippen molar-refractivity contribution < 1.29 is 13.5 Å². The normalized spacial score (nSPS) is 13.3. The van der Waals surface area contributed by atoms with E-state index in [4.69, 9.17) is 40.5 Å². The van der Waals surface area contributed by atoms with Gasteiger partial charge in [-0.2, -0.15) is 0 Å². The van der Waals surface area contributed by atoms with Gasteiger partial charge in [0.15, 0.2) is 9.84 Å². The van der Waals surface area contributed by atoms with Crippen LogP contribution in [0.3, 0.4) is 0 Å². The average Bonchev–Trinajstić information content (AvgIpc) is 2.73. The van der Waals surface area contributed by atoms with Gasteiger partial charge < -0.3 is 10.8 Å². The van der Waals surface area contributed by atoms with Gasteiger partial charge in [0.05, 0.1) is 37.0 Å². The van der Waals surface area contributed by atoms with E-state index in [1.165, 1.54) is 12.1 Å². The summed E-state index contributed by atoms with van der Waals surface area (Å²) in [5, 5.41) is 11.3. The van der Waals surface area contributed by atoms with Crippen LogP contribution in [-0.2, 0) is 9.84 Å². The summed E-state index contributed by atoms with van der Waals surface area (Å²) >= 11 is 19.4. The Bertz CT molecular complexity index is 1390. The first-order chi connectivity index (χ1) is 15.8. The molecule has 3 aromatic carbocycles. The van der Waals surface area contributed by atoms with Crippen molar-refractivity contribution in [1.82, 2.24) is 0 Å². The first kappa shape index (κ1) is 26.3. The van der Waals surface area contributed by atoms with E-state index in [0.717, 1.165) is 11.8 Å². The fraction of sp³-hybridized carbons (Fsp3) is 0.160. The number of hydrogen-bond acceptors (Lipinski definition) is 5. The molecule has 0 unspecified atom stereocenters. The fourth-order valence-corrected chi connectivity index (χ4v) is 4.52. The predicted octanol–water partition coefficient (Wildman–Crippen LogP) is 6.45. The first-order valence-corrected chi connectivity index (χ1v) is 13.1. The van der Waals surface area contributed by atoms with Crippen molar-refractivity contribution in [2.24, 2.45) is 10.7 Å². The largest absolute Gasteiger partial charge is 0.400 e. The Labute approximate surface area is 214 Å². The van der Waals surface area contributed by atoms with Gasteiger partial charge >= 0.3 is 0 Å². The van der Waals surface area contributed by atoms with Crippen LogP contribution in [0.1, 0.15) is 19.4 Å². The molecule has 0 aliphatic heterocycles. The van der Waals surface area contributed by atoms with E-state index in [9.17, 15) is 13.5 Å². The van der Waals surface area contributed by atoms with Crippen molar-refractivity contribution in [1.29, 1.82) is 0 Å². The van der Waals surface area contributed by atoms with Crippen LogP contribution in [0.2, 0.25) is 15.1 Å². The standard InChI is InChI=1S/C25H23Cl3N2O3S/c1-25(2,31)23(29)14-22(24-18(26)8-5-9-19(24)27)30-21-11-10-16(13-20(21)28)15-6-4-7-17(12-15)34(3,32)33/h4-14,31H,29H2,1-3H3/b23-14-,30-22?. The summed E-state index contributed by atoms with van der Waals surface area (Å²) in [4.78, 5) is 4.86. The van der Waals surface area contributed by atoms with Gasteiger partial charge in [-0.3, -0.25) is 0 Å². The molecule has 3 aromatic rings. The minimum absolute atomic E-state index is 0.160. The topological polar surface area (TPSA) is 92.8 Å². The maximum atomic E-state index is 11.9. The number of benzene rings is 3. The second-order valence-electron chi connectivity index (χ2n) is 8.22. The second kappa shape index (κ2) is 10.1. The number of sulfone groups is 1. The number of allylic oxidation sites excluding steroid dienone is 1. The van der Waals surface area contributed by atoms with Crippen LogP contribution in [0.4, 0.5) is 5.69 Å². The molecule has 0 heterocycles. The number of halogens is 3. The number of hydrogen-bond donors (Lipinski definition) is 2. The molecule has 0 amide bonds. The molecule has 0 aromatic heterocycles. The van der Waals surface area contributed by atoms with Gasteiger partial charge in [-0.15, -0.1) is 0 Å². The van der Waals surface area contributed by atoms with Gasteiger partial charge in [-0.25, -0.2) is 13.4 Å². The Hall–Kier alpha value is -2.35. The SMILES string of the molecule is CC(C)(O)/C(N)=C/C(=Nc1ccc(-c2cccc(S(C)(=O)=O)c2)cc1Cl)c1c(Cl)cccc1Cl. The lowest BCUT2D eigenvalue weighted by Gasteiger charge is -2.18. The van der Waals surface area contributed by atoms with E-state index in [2.05, 4.69) is 4.99 Å². The Balaban J connectivity index is 2.14. The molecule has 0 fully saturated rings. The quantitative estimate of drug-likeness (QED) is 0.353. The van der Waals surface area contributed by atoms with Crippen LogP contribution < -0.4 is 5.73 Å². The molecule has 178 valence electrons. The molecule has 0 radical (unpaired) electrons. The smallest absolute Gasteiger partial charge is 0.175 e. The average molecular weight is 538 g/mol. The number of nitrogens with zero attached hydrogens (tertiary/aromatic N) is 1. The summed E-state index contributed by atoms with van der Waals surface area (Å²) in [7, 11) is -3.35. The first-order valence-electron chi connectivity index (χ1n) is 10.1. The molecule has 0 aliphatic carbocycles. The lowest BCUT2D eigenvalue weighted by Crippen LogP contribution is -2.28. The van der Waals surface area contributed by atoms with E-state index in [-0.39, 0.29) is 10.6 Å². The van der Waals surface area contributed by atoms with Crippen LogP contribution in [0.5, 0.6) is 0 Å². The molecule has 0 atom stereocenters. The zero-order valence-corrected chi connectivity index (χ0v) is 21.8. The second-order valence-corrected chi connectivity index (χ2v) is 11.5. The fourth-order valence-electron chi connectivity index (χ4n) is 3.04. The number of rotatable bonds is 6. The molecular formula is C25H23Cl3N2O3S. The van der Waals surface area contributed by atoms with Crippen molar-refractivity contribution in [2.45, 2.75) is 24.3 Å². The number of aliphatic imine (C=N–C) groups is 1. The van der Waals surface area contributed by atoms with Gasteiger partial charge in [0.2, 0.25) is 0 Å². The zero-order chi connectivity index (χ0) is 25.3. The number of nitrogens with two attached hydrogens (primary N) is 1. The van der Waals surface area contributed by atoms with Crippen LogP contribution in [0, 0.1) is 0 Å². The highest BCUT2D eigenvalue weighted by Gasteiger charge is 2.20. The molecule has 0 bridgehead atoms. The third-order valence-corrected chi connectivity index (χ3v) is 7.04. The predicted molar refractivity (Wildman–Crippen MR) is 141 cm³/mol. The number of aliphatic hydroxyl groups is 1. The molecule has 34 heavy (non-hydrogen) atoms. The minimum Gasteiger partial charge on any atom is -0.400 e. The maximum Gasteiger partial charge on any atom is 0.175 e. The summed E-state index contributed by atoms with van der Waals surface area (Å²) in [6, 6.07) is 16.8. The molecule has 0 aliphatic rings. The molecule has 5 nitrogen and oxygen atoms in total. The van der Waals surface area contributed by atoms with Crippen LogP contribution in [-0.4, -0.2) is 31.1 Å². The molecule has 0 saturated carbocycles. The third kappa shape index (κ3) is 6.20. The van der Waals surface area contributed by atoms with Gasteiger partial charge in [-0.05, 0) is 67.4 Å². The van der Waals surface area contributed by atoms with E-state index >= 15 is 0 Å². The summed E-state index contributed by atoms with van der Waals surface area (Å²) < 4.78 is 23.8. The van der Waals surface area contributed by atoms with Gasteiger partial charge in [0.25, 0.3) is 0 Å². The van der Waals surface area contributed by atoms with Crippen molar-refractivity contribution in [3.63, 3.8) is 0 Å². The highest BCUT2D eigenvalue weighted by Crippen LogP contribution is 2.34. The van der Waals surface area contributed by atoms with Crippen molar-refractivity contribution in [2.75, 3.05) is 6.26 Å². The highest BCUT2D eigenvalue weighted by molar-refractivity contribution is 7.90. The Morgan fingerprint density at radius 3 is 2.09 bits per heavy atom. The summed E-state index contributed by atoms with van der Waals surface area (Å²) in [6.07, 6.45) is 2.66. The lowest BCUT2D eigenvalue weighted by molar-refractivity contribution is 0.118. The third-order valence-electron chi connectivity index (χ3n) is 5.00. The van der Waals surface area contributed by atoms with E-state index in [0.29, 0.717) is 37.6 Å². The van der Waals surface area contributed by atoms with Crippen molar-refractivity contribution in [3.8, 4) is 11.1 Å². The highest BCUT2D eigenvalue weighted by atomic mass is 35.5. The minimum atomic E-state index is -3.35. The van der Waals surface area contributed by atoms with Crippen molar-refractivity contribution >= 4 is 56.0 Å². The van der Waals surface area contributed by atoms with Crippen molar-refractivity contribution in [3.05, 3.63) is 93.1 Å². The van der Waals surface area contributed by atoms with Crippen LogP contribution in [0.15, 0.2) is 82.3 Å². The zero-order valence-electron chi connectivity index (χ0n) is 18.7. The lowest BCUT2D eigenvalue weighted by atomic mass is 10.0. The molecule has 3 rings (SSSR count). The van der Waals surface area contributed by atoms with E-state index < -0.39 is 15.4 Å². The molecule has 0 spiro atoms. The maximum absolute atomic E-state index is 11.9. The van der Waals surface area contributed by atoms with E-state index in [1.54, 1.807) is 68.4 Å². The van der Waals surface area contributed by atoms with Gasteiger partial charge in [0, 0.05) is 17.5 Å².